The van der Waals surface area contributed by atoms with Crippen molar-refractivity contribution in [2.24, 2.45) is 0 Å². The standard InChI is InChI=1S/C19H25N3O4S/c1-12(17(23)20-14-7-5-4-6-8-14)27-19-22-21-18(26-19)13-9-10-15(24-2)16(11-13)25-3/h9-12,14H,4-8H2,1-3H3,(H,20,23)/t12-/m1/s1. The molecular weight excluding hydrogens is 366 g/mol. The number of nitrogens with one attached hydrogen (secondary N) is 1. The van der Waals surface area contributed by atoms with Crippen LogP contribution in [0.15, 0.2) is 27.8 Å². The third kappa shape index (κ3) is 4.94. The van der Waals surface area contributed by atoms with Crippen LogP contribution in [0.4, 0.5) is 0 Å². The zero-order chi connectivity index (χ0) is 19.2. The maximum Gasteiger partial charge on any atom is 0.277 e. The van der Waals surface area contributed by atoms with Gasteiger partial charge in [-0.1, -0.05) is 31.0 Å². The minimum atomic E-state index is -0.300. The number of amides is 1. The van der Waals surface area contributed by atoms with Crippen molar-refractivity contribution in [1.29, 1.82) is 0 Å². The predicted molar refractivity (Wildman–Crippen MR) is 103 cm³/mol. The van der Waals surface area contributed by atoms with Gasteiger partial charge in [0.2, 0.25) is 11.8 Å². The molecule has 1 saturated carbocycles. The maximum atomic E-state index is 12.4. The van der Waals surface area contributed by atoms with Gasteiger partial charge in [0.25, 0.3) is 5.22 Å². The van der Waals surface area contributed by atoms with Crippen LogP contribution in [0.1, 0.15) is 39.0 Å². The zero-order valence-electron chi connectivity index (χ0n) is 15.9. The quantitative estimate of drug-likeness (QED) is 0.720. The molecule has 0 radical (unpaired) electrons. The monoisotopic (exact) mass is 391 g/mol. The Morgan fingerprint density at radius 1 is 1.19 bits per heavy atom. The Balaban J connectivity index is 1.62. The SMILES string of the molecule is COc1ccc(-c2nnc(S[C@H](C)C(=O)NC3CCCCC3)o2)cc1OC. The number of carbonyl (C=O) groups is 1. The number of carbonyl (C=O) groups excluding carboxylic acids is 1. The van der Waals surface area contributed by atoms with E-state index in [1.54, 1.807) is 26.4 Å². The maximum absolute atomic E-state index is 12.4. The van der Waals surface area contributed by atoms with Gasteiger partial charge in [-0.25, -0.2) is 0 Å². The summed E-state index contributed by atoms with van der Waals surface area (Å²) in [5.74, 6) is 1.60. The van der Waals surface area contributed by atoms with Gasteiger partial charge in [-0.2, -0.15) is 0 Å². The number of hydrogen-bond acceptors (Lipinski definition) is 7. The van der Waals surface area contributed by atoms with Gasteiger partial charge >= 0.3 is 0 Å². The lowest BCUT2D eigenvalue weighted by Gasteiger charge is -2.23. The van der Waals surface area contributed by atoms with Crippen LogP contribution in [0.3, 0.4) is 0 Å². The fraction of sp³-hybridized carbons (Fsp3) is 0.526. The molecule has 7 nitrogen and oxygen atoms in total. The molecule has 3 rings (SSSR count). The van der Waals surface area contributed by atoms with Crippen molar-refractivity contribution in [1.82, 2.24) is 15.5 Å². The number of benzene rings is 1. The molecule has 0 unspecified atom stereocenters. The molecule has 0 saturated heterocycles. The highest BCUT2D eigenvalue weighted by molar-refractivity contribution is 8.00. The Labute approximate surface area is 163 Å². The van der Waals surface area contributed by atoms with Gasteiger partial charge in [0.05, 0.1) is 19.5 Å². The van der Waals surface area contributed by atoms with Crippen molar-refractivity contribution in [2.75, 3.05) is 14.2 Å². The lowest BCUT2D eigenvalue weighted by molar-refractivity contribution is -0.121. The largest absolute Gasteiger partial charge is 0.493 e. The summed E-state index contributed by atoms with van der Waals surface area (Å²) in [6.45, 7) is 1.85. The second-order valence-corrected chi connectivity index (χ2v) is 7.84. The number of rotatable bonds is 7. The molecule has 1 aromatic heterocycles. The highest BCUT2D eigenvalue weighted by Gasteiger charge is 2.22. The van der Waals surface area contributed by atoms with E-state index in [1.165, 1.54) is 31.0 Å². The van der Waals surface area contributed by atoms with Gasteiger partial charge in [-0.15, -0.1) is 10.2 Å². The van der Waals surface area contributed by atoms with E-state index in [-0.39, 0.29) is 11.2 Å². The highest BCUT2D eigenvalue weighted by atomic mass is 32.2. The summed E-state index contributed by atoms with van der Waals surface area (Å²) in [6, 6.07) is 5.67. The molecule has 1 aliphatic rings. The third-order valence-electron chi connectivity index (χ3n) is 4.64. The Kier molecular flexibility index (Phi) is 6.60. The summed E-state index contributed by atoms with van der Waals surface area (Å²) in [5, 5.41) is 11.3. The average molecular weight is 391 g/mol. The van der Waals surface area contributed by atoms with E-state index >= 15 is 0 Å². The third-order valence-corrected chi connectivity index (χ3v) is 5.57. The average Bonchev–Trinajstić information content (AvgIpc) is 3.16. The van der Waals surface area contributed by atoms with E-state index in [0.29, 0.717) is 28.7 Å². The molecule has 1 amide bonds. The molecule has 8 heteroatoms. The van der Waals surface area contributed by atoms with Gasteiger partial charge in [-0.3, -0.25) is 4.79 Å². The molecule has 146 valence electrons. The van der Waals surface area contributed by atoms with Crippen LogP contribution in [0.2, 0.25) is 0 Å². The van der Waals surface area contributed by atoms with E-state index in [0.717, 1.165) is 18.4 Å². The smallest absolute Gasteiger partial charge is 0.277 e. The first kappa shape index (κ1) is 19.5. The van der Waals surface area contributed by atoms with E-state index in [2.05, 4.69) is 15.5 Å². The van der Waals surface area contributed by atoms with E-state index in [1.807, 2.05) is 13.0 Å². The number of thioether (sulfide) groups is 1. The van der Waals surface area contributed by atoms with E-state index in [9.17, 15) is 4.79 Å². The normalized spacial score (nSPS) is 16.0. The molecule has 1 atom stereocenters. The Morgan fingerprint density at radius 2 is 1.93 bits per heavy atom. The van der Waals surface area contributed by atoms with Crippen LogP contribution in [-0.4, -0.2) is 41.6 Å². The fourth-order valence-electron chi connectivity index (χ4n) is 3.11. The Morgan fingerprint density at radius 3 is 2.63 bits per heavy atom. The first-order valence-electron chi connectivity index (χ1n) is 9.13. The number of nitrogens with zero attached hydrogens (tertiary/aromatic N) is 2. The molecule has 1 N–H and O–H groups in total. The first-order valence-corrected chi connectivity index (χ1v) is 10.0. The van der Waals surface area contributed by atoms with Gasteiger partial charge in [0, 0.05) is 11.6 Å². The molecule has 1 aromatic carbocycles. The molecular formula is C19H25N3O4S. The molecule has 0 bridgehead atoms. The summed E-state index contributed by atoms with van der Waals surface area (Å²) >= 11 is 1.27. The van der Waals surface area contributed by atoms with Crippen LogP contribution in [-0.2, 0) is 4.79 Å². The first-order chi connectivity index (χ1) is 13.1. The zero-order valence-corrected chi connectivity index (χ0v) is 16.7. The van der Waals surface area contributed by atoms with Gasteiger partial charge in [0.15, 0.2) is 11.5 Å². The highest BCUT2D eigenvalue weighted by Crippen LogP contribution is 2.33. The van der Waals surface area contributed by atoms with Crippen molar-refractivity contribution >= 4 is 17.7 Å². The summed E-state index contributed by atoms with van der Waals surface area (Å²) in [5.41, 5.74) is 0.728. The summed E-state index contributed by atoms with van der Waals surface area (Å²) in [7, 11) is 3.15. The Hall–Kier alpha value is -2.22. The Bertz CT molecular complexity index is 774. The van der Waals surface area contributed by atoms with Gasteiger partial charge in [-0.05, 0) is 38.0 Å². The molecule has 0 spiro atoms. The van der Waals surface area contributed by atoms with Crippen LogP contribution in [0.25, 0.3) is 11.5 Å². The van der Waals surface area contributed by atoms with Crippen molar-refractivity contribution < 1.29 is 18.7 Å². The predicted octanol–water partition coefficient (Wildman–Crippen LogP) is 3.68. The van der Waals surface area contributed by atoms with E-state index < -0.39 is 0 Å². The number of aromatic nitrogens is 2. The minimum Gasteiger partial charge on any atom is -0.493 e. The topological polar surface area (TPSA) is 86.5 Å². The molecule has 0 aliphatic heterocycles. The van der Waals surface area contributed by atoms with Crippen molar-refractivity contribution in [2.45, 2.75) is 55.5 Å². The van der Waals surface area contributed by atoms with Crippen LogP contribution < -0.4 is 14.8 Å². The lowest BCUT2D eigenvalue weighted by atomic mass is 9.95. The summed E-state index contributed by atoms with van der Waals surface area (Å²) < 4.78 is 16.3. The number of methoxy groups -OCH3 is 2. The van der Waals surface area contributed by atoms with Crippen molar-refractivity contribution in [3.05, 3.63) is 18.2 Å². The van der Waals surface area contributed by atoms with Crippen LogP contribution >= 0.6 is 11.8 Å². The van der Waals surface area contributed by atoms with Crippen LogP contribution in [0, 0.1) is 0 Å². The molecule has 1 fully saturated rings. The van der Waals surface area contributed by atoms with Gasteiger partial charge in [0.1, 0.15) is 0 Å². The summed E-state index contributed by atoms with van der Waals surface area (Å²) in [6.07, 6.45) is 5.76. The number of ether oxygens (including phenoxy) is 2. The minimum absolute atomic E-state index is 0.0118. The van der Waals surface area contributed by atoms with Gasteiger partial charge < -0.3 is 19.2 Å². The second kappa shape index (κ2) is 9.12. The fourth-order valence-corrected chi connectivity index (χ4v) is 3.81. The molecule has 1 heterocycles. The molecule has 1 aliphatic carbocycles. The summed E-state index contributed by atoms with van der Waals surface area (Å²) in [4.78, 5) is 12.4. The molecule has 27 heavy (non-hydrogen) atoms. The van der Waals surface area contributed by atoms with Crippen molar-refractivity contribution in [3.8, 4) is 23.0 Å². The van der Waals surface area contributed by atoms with Crippen molar-refractivity contribution in [3.63, 3.8) is 0 Å². The second-order valence-electron chi connectivity index (χ2n) is 6.55. The van der Waals surface area contributed by atoms with E-state index in [4.69, 9.17) is 13.9 Å². The van der Waals surface area contributed by atoms with Crippen LogP contribution in [0.5, 0.6) is 11.5 Å². The lowest BCUT2D eigenvalue weighted by Crippen LogP contribution is -2.40. The molecule has 2 aromatic rings. The number of hydrogen-bond donors (Lipinski definition) is 1.